The van der Waals surface area contributed by atoms with E-state index in [2.05, 4.69) is 5.32 Å². The van der Waals surface area contributed by atoms with Crippen LogP contribution in [0.2, 0.25) is 0 Å². The summed E-state index contributed by atoms with van der Waals surface area (Å²) in [5, 5.41) is 3.59. The molecule has 136 valence electrons. The van der Waals surface area contributed by atoms with E-state index < -0.39 is 0 Å². The van der Waals surface area contributed by atoms with Gasteiger partial charge in [-0.05, 0) is 37.0 Å². The second kappa shape index (κ2) is 7.95. The highest BCUT2D eigenvalue weighted by Gasteiger charge is 2.31. The largest absolute Gasteiger partial charge is 0.343 e. The van der Waals surface area contributed by atoms with Gasteiger partial charge in [-0.15, -0.1) is 0 Å². The van der Waals surface area contributed by atoms with Crippen molar-refractivity contribution in [2.75, 3.05) is 26.2 Å². The van der Waals surface area contributed by atoms with Crippen molar-refractivity contribution in [3.63, 3.8) is 0 Å². The molecule has 2 aliphatic heterocycles. The third-order valence-electron chi connectivity index (χ3n) is 5.21. The second-order valence-electron chi connectivity index (χ2n) is 7.06. The molecule has 2 fully saturated rings. The van der Waals surface area contributed by atoms with Crippen molar-refractivity contribution < 1.29 is 14.0 Å². The number of amides is 2. The normalized spacial score (nSPS) is 21.8. The Labute approximate surface area is 148 Å². The first-order valence-corrected chi connectivity index (χ1v) is 9.05. The predicted molar refractivity (Wildman–Crippen MR) is 93.5 cm³/mol. The van der Waals surface area contributed by atoms with E-state index in [0.717, 1.165) is 44.5 Å². The molecule has 0 aliphatic carbocycles. The van der Waals surface area contributed by atoms with Crippen LogP contribution in [-0.2, 0) is 16.0 Å². The van der Waals surface area contributed by atoms with Crippen molar-refractivity contribution >= 4 is 11.8 Å². The SMILES string of the molecule is CC(=O)N1CCC(N[C@@H]2CC(=O)N(CCc3ccc(F)cc3)C2)CC1. The van der Waals surface area contributed by atoms with Crippen LogP contribution in [-0.4, -0.2) is 59.9 Å². The van der Waals surface area contributed by atoms with Crippen LogP contribution in [0.4, 0.5) is 4.39 Å². The maximum atomic E-state index is 12.9. The maximum absolute atomic E-state index is 12.9. The molecule has 1 aromatic rings. The minimum absolute atomic E-state index is 0.140. The third kappa shape index (κ3) is 4.78. The van der Waals surface area contributed by atoms with Crippen molar-refractivity contribution in [1.29, 1.82) is 0 Å². The van der Waals surface area contributed by atoms with Crippen LogP contribution < -0.4 is 5.32 Å². The standard InChI is InChI=1S/C19H26FN3O2/c1-14(24)22-10-7-17(8-11-22)21-18-12-19(25)23(13-18)9-6-15-2-4-16(20)5-3-15/h2-5,17-18,21H,6-13H2,1H3/t18-/m1/s1. The van der Waals surface area contributed by atoms with Gasteiger partial charge in [-0.3, -0.25) is 9.59 Å². The molecule has 0 spiro atoms. The van der Waals surface area contributed by atoms with E-state index in [0.29, 0.717) is 19.0 Å². The van der Waals surface area contributed by atoms with Crippen molar-refractivity contribution in [3.8, 4) is 0 Å². The molecule has 2 saturated heterocycles. The van der Waals surface area contributed by atoms with Gasteiger partial charge >= 0.3 is 0 Å². The number of hydrogen-bond acceptors (Lipinski definition) is 3. The van der Waals surface area contributed by atoms with E-state index in [9.17, 15) is 14.0 Å². The first-order valence-electron chi connectivity index (χ1n) is 9.05. The molecule has 3 rings (SSSR count). The zero-order chi connectivity index (χ0) is 17.8. The van der Waals surface area contributed by atoms with E-state index in [4.69, 9.17) is 0 Å². The fourth-order valence-electron chi connectivity index (χ4n) is 3.71. The minimum Gasteiger partial charge on any atom is -0.343 e. The predicted octanol–water partition coefficient (Wildman–Crippen LogP) is 1.57. The topological polar surface area (TPSA) is 52.7 Å². The molecule has 25 heavy (non-hydrogen) atoms. The molecule has 1 atom stereocenters. The number of carbonyl (C=O) groups excluding carboxylic acids is 2. The van der Waals surface area contributed by atoms with Crippen LogP contribution in [0, 0.1) is 5.82 Å². The smallest absolute Gasteiger partial charge is 0.224 e. The summed E-state index contributed by atoms with van der Waals surface area (Å²) in [7, 11) is 0. The first kappa shape index (κ1) is 17.9. The Kier molecular flexibility index (Phi) is 5.68. The second-order valence-corrected chi connectivity index (χ2v) is 7.06. The number of benzene rings is 1. The average Bonchev–Trinajstić information content (AvgIpc) is 2.94. The lowest BCUT2D eigenvalue weighted by atomic mass is 10.0. The Morgan fingerprint density at radius 2 is 1.88 bits per heavy atom. The van der Waals surface area contributed by atoms with Crippen molar-refractivity contribution in [3.05, 3.63) is 35.6 Å². The monoisotopic (exact) mass is 347 g/mol. The lowest BCUT2D eigenvalue weighted by molar-refractivity contribution is -0.130. The molecule has 0 radical (unpaired) electrons. The number of carbonyl (C=O) groups is 2. The van der Waals surface area contributed by atoms with Gasteiger partial charge in [-0.25, -0.2) is 4.39 Å². The summed E-state index contributed by atoms with van der Waals surface area (Å²) in [6, 6.07) is 7.03. The van der Waals surface area contributed by atoms with E-state index in [1.54, 1.807) is 19.1 Å². The van der Waals surface area contributed by atoms with Gasteiger partial charge in [0.2, 0.25) is 11.8 Å². The third-order valence-corrected chi connectivity index (χ3v) is 5.21. The summed E-state index contributed by atoms with van der Waals surface area (Å²) < 4.78 is 12.9. The quantitative estimate of drug-likeness (QED) is 0.880. The molecule has 6 heteroatoms. The van der Waals surface area contributed by atoms with Crippen LogP contribution in [0.3, 0.4) is 0 Å². The summed E-state index contributed by atoms with van der Waals surface area (Å²) in [5.41, 5.74) is 1.04. The zero-order valence-electron chi connectivity index (χ0n) is 14.7. The lowest BCUT2D eigenvalue weighted by Crippen LogP contribution is -2.48. The molecular weight excluding hydrogens is 321 g/mol. The molecule has 0 aromatic heterocycles. The maximum Gasteiger partial charge on any atom is 0.224 e. The Hall–Kier alpha value is -1.95. The highest BCUT2D eigenvalue weighted by molar-refractivity contribution is 5.79. The number of nitrogens with zero attached hydrogens (tertiary/aromatic N) is 2. The fourth-order valence-corrected chi connectivity index (χ4v) is 3.71. The molecular formula is C19H26FN3O2. The van der Waals surface area contributed by atoms with Crippen molar-refractivity contribution in [2.45, 2.75) is 44.7 Å². The van der Waals surface area contributed by atoms with Gasteiger partial charge in [0, 0.05) is 51.6 Å². The highest BCUT2D eigenvalue weighted by Crippen LogP contribution is 2.17. The summed E-state index contributed by atoms with van der Waals surface area (Å²) in [5.74, 6) is 0.0864. The molecule has 1 aromatic carbocycles. The van der Waals surface area contributed by atoms with Gasteiger partial charge in [-0.2, -0.15) is 0 Å². The first-order chi connectivity index (χ1) is 12.0. The number of likely N-dealkylation sites (tertiary alicyclic amines) is 2. The van der Waals surface area contributed by atoms with Gasteiger partial charge in [0.1, 0.15) is 5.82 Å². The fraction of sp³-hybridized carbons (Fsp3) is 0.579. The van der Waals surface area contributed by atoms with E-state index in [1.165, 1.54) is 12.1 Å². The van der Waals surface area contributed by atoms with Crippen molar-refractivity contribution in [1.82, 2.24) is 15.1 Å². The van der Waals surface area contributed by atoms with Gasteiger partial charge in [0.15, 0.2) is 0 Å². The average molecular weight is 347 g/mol. The van der Waals surface area contributed by atoms with Gasteiger partial charge in [0.05, 0.1) is 0 Å². The van der Waals surface area contributed by atoms with Gasteiger partial charge in [-0.1, -0.05) is 12.1 Å². The van der Waals surface area contributed by atoms with Crippen LogP contribution in [0.1, 0.15) is 31.7 Å². The zero-order valence-corrected chi connectivity index (χ0v) is 14.7. The number of piperidine rings is 1. The number of nitrogens with one attached hydrogen (secondary N) is 1. The number of hydrogen-bond donors (Lipinski definition) is 1. The van der Waals surface area contributed by atoms with Crippen LogP contribution in [0.5, 0.6) is 0 Å². The molecule has 0 saturated carbocycles. The Bertz CT molecular complexity index is 612. The van der Waals surface area contributed by atoms with E-state index in [-0.39, 0.29) is 23.7 Å². The molecule has 1 N–H and O–H groups in total. The van der Waals surface area contributed by atoms with E-state index in [1.807, 2.05) is 9.80 Å². The Morgan fingerprint density at radius 3 is 2.52 bits per heavy atom. The molecule has 2 aliphatic rings. The molecule has 5 nitrogen and oxygen atoms in total. The van der Waals surface area contributed by atoms with E-state index >= 15 is 0 Å². The Balaban J connectivity index is 1.43. The minimum atomic E-state index is -0.235. The van der Waals surface area contributed by atoms with Crippen LogP contribution in [0.15, 0.2) is 24.3 Å². The van der Waals surface area contributed by atoms with Gasteiger partial charge in [0.25, 0.3) is 0 Å². The summed E-state index contributed by atoms with van der Waals surface area (Å²) in [6.45, 7) is 4.60. The number of halogens is 1. The highest BCUT2D eigenvalue weighted by atomic mass is 19.1. The number of rotatable bonds is 5. The molecule has 2 amide bonds. The van der Waals surface area contributed by atoms with Crippen LogP contribution >= 0.6 is 0 Å². The Morgan fingerprint density at radius 1 is 1.20 bits per heavy atom. The summed E-state index contributed by atoms with van der Waals surface area (Å²) in [4.78, 5) is 27.4. The molecule has 0 unspecified atom stereocenters. The molecule has 2 heterocycles. The van der Waals surface area contributed by atoms with Gasteiger partial charge < -0.3 is 15.1 Å². The molecule has 0 bridgehead atoms. The van der Waals surface area contributed by atoms with Crippen LogP contribution in [0.25, 0.3) is 0 Å². The lowest BCUT2D eigenvalue weighted by Gasteiger charge is -2.33. The summed E-state index contributed by atoms with van der Waals surface area (Å²) in [6.07, 6.45) is 3.17. The summed E-state index contributed by atoms with van der Waals surface area (Å²) >= 11 is 0. The van der Waals surface area contributed by atoms with Crippen molar-refractivity contribution in [2.24, 2.45) is 0 Å².